The summed E-state index contributed by atoms with van der Waals surface area (Å²) in [5.41, 5.74) is 16.7. The quantitative estimate of drug-likeness (QED) is 0.0410. The van der Waals surface area contributed by atoms with Gasteiger partial charge < -0.3 is 43.2 Å². The van der Waals surface area contributed by atoms with Crippen molar-refractivity contribution in [3.05, 3.63) is 83.7 Å². The van der Waals surface area contributed by atoms with E-state index in [-0.39, 0.29) is 30.4 Å². The molecule has 11 N–H and O–H groups in total. The van der Waals surface area contributed by atoms with Gasteiger partial charge >= 0.3 is 12.1 Å². The lowest BCUT2D eigenvalue weighted by Gasteiger charge is -2.18. The molecular formula is C34H35F3N8O6. The number of unbranched alkanes of at least 4 members (excludes halogenated alkanes) is 1. The van der Waals surface area contributed by atoms with Gasteiger partial charge in [0, 0.05) is 18.7 Å². The van der Waals surface area contributed by atoms with Crippen LogP contribution < -0.4 is 33.2 Å². The minimum absolute atomic E-state index is 0.0214. The number of carbonyl (C=O) groups excluding carboxylic acids is 4. The van der Waals surface area contributed by atoms with Crippen molar-refractivity contribution in [2.24, 2.45) is 22.2 Å². The Morgan fingerprint density at radius 1 is 0.784 bits per heavy atom. The van der Waals surface area contributed by atoms with Gasteiger partial charge in [0.15, 0.2) is 5.96 Å². The Labute approximate surface area is 287 Å². The molecule has 268 valence electrons. The highest BCUT2D eigenvalue weighted by Crippen LogP contribution is 2.35. The normalized spacial score (nSPS) is 11.8. The summed E-state index contributed by atoms with van der Waals surface area (Å²) >= 11 is 0. The van der Waals surface area contributed by atoms with Crippen molar-refractivity contribution in [2.75, 3.05) is 19.6 Å². The van der Waals surface area contributed by atoms with Crippen molar-refractivity contribution in [1.29, 1.82) is 0 Å². The first kappa shape index (κ1) is 37.6. The van der Waals surface area contributed by atoms with E-state index in [1.54, 1.807) is 0 Å². The van der Waals surface area contributed by atoms with E-state index in [0.717, 1.165) is 32.3 Å². The fourth-order valence-corrected chi connectivity index (χ4v) is 5.34. The van der Waals surface area contributed by atoms with Crippen molar-refractivity contribution >= 4 is 67.9 Å². The van der Waals surface area contributed by atoms with E-state index >= 15 is 0 Å². The van der Waals surface area contributed by atoms with E-state index in [0.29, 0.717) is 31.4 Å². The van der Waals surface area contributed by atoms with Crippen LogP contribution in [0.4, 0.5) is 13.2 Å². The van der Waals surface area contributed by atoms with Crippen LogP contribution in [0.25, 0.3) is 32.3 Å². The number of aliphatic carboxylic acids is 1. The Bertz CT molecular complexity index is 2080. The number of nitrogens with two attached hydrogens (primary N) is 3. The molecule has 0 radical (unpaired) electrons. The molecule has 17 heteroatoms. The molecule has 1 aromatic heterocycles. The standard InChI is InChI=1S/C32H34N8O4.C2HF3O2/c33-15-2-1-6-23(39-30(43)24-13-14-25(38-24)31(44)40-32(34)35)29(42)37-17-16-36-28(41)22-12-10-20-8-7-18-4-3-5-19-9-11-21(22)27(20)26(18)19;3-2(4,5)1(6)7/h3-5,7-14,23,38H,1-2,6,15-17,33H2,(H,36,41)(H,37,42)(H,39,43)(H4,34,35,40,44);(H,6,7)/t23-;/m0./s1. The molecule has 4 aromatic carbocycles. The number of H-pyrrole nitrogens is 1. The lowest BCUT2D eigenvalue weighted by molar-refractivity contribution is -0.192. The fraction of sp³-hybridized carbons (Fsp3) is 0.235. The number of alkyl halides is 3. The smallest absolute Gasteiger partial charge is 0.475 e. The van der Waals surface area contributed by atoms with Crippen LogP contribution in [0.1, 0.15) is 50.6 Å². The summed E-state index contributed by atoms with van der Waals surface area (Å²) in [4.78, 5) is 66.1. The molecule has 0 fully saturated rings. The largest absolute Gasteiger partial charge is 0.490 e. The third-order valence-electron chi connectivity index (χ3n) is 7.69. The predicted molar refractivity (Wildman–Crippen MR) is 184 cm³/mol. The van der Waals surface area contributed by atoms with Crippen molar-refractivity contribution < 1.29 is 42.3 Å². The van der Waals surface area contributed by atoms with Crippen molar-refractivity contribution in [1.82, 2.24) is 20.9 Å². The summed E-state index contributed by atoms with van der Waals surface area (Å²) in [6.45, 7) is 0.784. The number of halogens is 3. The Morgan fingerprint density at radius 2 is 1.37 bits per heavy atom. The average molecular weight is 709 g/mol. The second-order valence-corrected chi connectivity index (χ2v) is 11.3. The fourth-order valence-electron chi connectivity index (χ4n) is 5.34. The number of carboxylic acid groups (broad SMARTS) is 1. The van der Waals surface area contributed by atoms with E-state index in [1.165, 1.54) is 12.1 Å². The minimum Gasteiger partial charge on any atom is -0.475 e. The predicted octanol–water partition coefficient (Wildman–Crippen LogP) is 2.73. The molecule has 0 unspecified atom stereocenters. The number of guanidine groups is 1. The van der Waals surface area contributed by atoms with Crippen molar-refractivity contribution in [3.63, 3.8) is 0 Å². The second kappa shape index (κ2) is 16.4. The molecule has 0 aliphatic heterocycles. The molecule has 51 heavy (non-hydrogen) atoms. The molecule has 0 spiro atoms. The second-order valence-electron chi connectivity index (χ2n) is 11.3. The number of nitrogens with zero attached hydrogens (tertiary/aromatic N) is 1. The lowest BCUT2D eigenvalue weighted by atomic mass is 9.92. The Kier molecular flexibility index (Phi) is 12.1. The average Bonchev–Trinajstić information content (AvgIpc) is 3.59. The monoisotopic (exact) mass is 708 g/mol. The van der Waals surface area contributed by atoms with Gasteiger partial charge in [0.2, 0.25) is 5.91 Å². The first-order valence-electron chi connectivity index (χ1n) is 15.6. The number of carbonyl (C=O) groups is 5. The molecule has 0 aliphatic carbocycles. The highest BCUT2D eigenvalue weighted by molar-refractivity contribution is 6.26. The maximum absolute atomic E-state index is 13.2. The van der Waals surface area contributed by atoms with Crippen LogP contribution in [-0.4, -0.2) is 77.5 Å². The number of aromatic nitrogens is 1. The third kappa shape index (κ3) is 9.48. The van der Waals surface area contributed by atoms with Crippen LogP contribution >= 0.6 is 0 Å². The maximum Gasteiger partial charge on any atom is 0.490 e. The molecular weight excluding hydrogens is 673 g/mol. The molecule has 5 aromatic rings. The van der Waals surface area contributed by atoms with Gasteiger partial charge in [0.05, 0.1) is 0 Å². The number of hydrogen-bond donors (Lipinski definition) is 8. The first-order chi connectivity index (χ1) is 24.2. The van der Waals surface area contributed by atoms with Gasteiger partial charge in [0.1, 0.15) is 17.4 Å². The summed E-state index contributed by atoms with van der Waals surface area (Å²) in [6.07, 6.45) is -3.45. The maximum atomic E-state index is 13.2. The summed E-state index contributed by atoms with van der Waals surface area (Å²) in [6, 6.07) is 20.0. The van der Waals surface area contributed by atoms with Crippen molar-refractivity contribution in [3.8, 4) is 0 Å². The number of carboxylic acids is 1. The topological polar surface area (TPSA) is 248 Å². The van der Waals surface area contributed by atoms with E-state index in [4.69, 9.17) is 27.1 Å². The first-order valence-corrected chi connectivity index (χ1v) is 15.6. The number of amides is 4. The lowest BCUT2D eigenvalue weighted by Crippen LogP contribution is -2.48. The van der Waals surface area contributed by atoms with Gasteiger partial charge in [-0.1, -0.05) is 48.5 Å². The number of rotatable bonds is 12. The van der Waals surface area contributed by atoms with Crippen LogP contribution in [0.3, 0.4) is 0 Å². The van der Waals surface area contributed by atoms with Crippen LogP contribution in [-0.2, 0) is 9.59 Å². The molecule has 0 saturated carbocycles. The molecule has 0 aliphatic rings. The van der Waals surface area contributed by atoms with Gasteiger partial charge in [-0.25, -0.2) is 4.79 Å². The van der Waals surface area contributed by atoms with Gasteiger partial charge in [0.25, 0.3) is 17.7 Å². The molecule has 1 heterocycles. The summed E-state index contributed by atoms with van der Waals surface area (Å²) in [5, 5.41) is 21.8. The Morgan fingerprint density at radius 3 is 2.00 bits per heavy atom. The van der Waals surface area contributed by atoms with E-state index < -0.39 is 41.9 Å². The Balaban J connectivity index is 0.000000755. The third-order valence-corrected chi connectivity index (χ3v) is 7.69. The number of aromatic amines is 1. The summed E-state index contributed by atoms with van der Waals surface area (Å²) in [7, 11) is 0. The number of hydrogen-bond acceptors (Lipinski definition) is 6. The molecule has 1 atom stereocenters. The SMILES string of the molecule is NCCCC[C@H](NC(=O)c1ccc(C(=O)N=C(N)N)[nH]1)C(=O)NCCNC(=O)c1ccc2ccc3cccc4ccc1c2c34.O=C(O)C(F)(F)F. The van der Waals surface area contributed by atoms with Gasteiger partial charge in [-0.3, -0.25) is 19.2 Å². The summed E-state index contributed by atoms with van der Waals surface area (Å²) in [5.74, 6) is -5.13. The summed E-state index contributed by atoms with van der Waals surface area (Å²) < 4.78 is 31.7. The van der Waals surface area contributed by atoms with Gasteiger partial charge in [-0.05, 0) is 76.3 Å². The van der Waals surface area contributed by atoms with Crippen LogP contribution in [0.5, 0.6) is 0 Å². The van der Waals surface area contributed by atoms with Crippen LogP contribution in [0.2, 0.25) is 0 Å². The van der Waals surface area contributed by atoms with Gasteiger partial charge in [-0.15, -0.1) is 0 Å². The molecule has 4 amide bonds. The molecule has 5 rings (SSSR count). The zero-order valence-corrected chi connectivity index (χ0v) is 27.0. The number of aliphatic imine (C=N–C) groups is 1. The highest BCUT2D eigenvalue weighted by Gasteiger charge is 2.38. The zero-order chi connectivity index (χ0) is 37.3. The Hall–Kier alpha value is -6.23. The van der Waals surface area contributed by atoms with E-state index in [2.05, 4.69) is 50.2 Å². The highest BCUT2D eigenvalue weighted by atomic mass is 19.4. The number of nitrogens with one attached hydrogen (secondary N) is 4. The van der Waals surface area contributed by atoms with Crippen LogP contribution in [0, 0.1) is 0 Å². The van der Waals surface area contributed by atoms with E-state index in [9.17, 15) is 32.3 Å². The number of benzene rings is 4. The van der Waals surface area contributed by atoms with Gasteiger partial charge in [-0.2, -0.15) is 18.2 Å². The molecule has 14 nitrogen and oxygen atoms in total. The van der Waals surface area contributed by atoms with Crippen LogP contribution in [0.15, 0.2) is 71.7 Å². The molecule has 0 saturated heterocycles. The minimum atomic E-state index is -5.08. The van der Waals surface area contributed by atoms with E-state index in [1.807, 2.05) is 30.3 Å². The van der Waals surface area contributed by atoms with Crippen molar-refractivity contribution in [2.45, 2.75) is 31.5 Å². The zero-order valence-electron chi connectivity index (χ0n) is 27.0. The molecule has 0 bridgehead atoms.